The molecule has 2 heterocycles. The molecule has 0 saturated carbocycles. The van der Waals surface area contributed by atoms with Crippen LogP contribution in [0.15, 0.2) is 0 Å². The van der Waals surface area contributed by atoms with E-state index in [0.29, 0.717) is 26.2 Å². The van der Waals surface area contributed by atoms with Crippen molar-refractivity contribution in [1.29, 1.82) is 0 Å². The first kappa shape index (κ1) is 16.9. The standard InChI is InChI=1S/C12H20N2O7P/c15-11(18-13-7-3-1-4-8-13)20-22(17)21-12(16)19-14-9-5-2-6-10-14/h1-10H2/q+1. The molecule has 2 saturated heterocycles. The third-order valence-electron chi connectivity index (χ3n) is 3.34. The third kappa shape index (κ3) is 6.13. The largest absolute Gasteiger partial charge is 0.818 e. The van der Waals surface area contributed by atoms with Gasteiger partial charge in [0.2, 0.25) is 0 Å². The normalized spacial score (nSPS) is 20.0. The highest BCUT2D eigenvalue weighted by Gasteiger charge is 2.36. The molecule has 9 nitrogen and oxygen atoms in total. The quantitative estimate of drug-likeness (QED) is 0.718. The van der Waals surface area contributed by atoms with Crippen LogP contribution in [0.1, 0.15) is 38.5 Å². The van der Waals surface area contributed by atoms with Crippen molar-refractivity contribution in [1.82, 2.24) is 10.1 Å². The number of carbonyl (C=O) groups is 2. The summed E-state index contributed by atoms with van der Waals surface area (Å²) in [7, 11) is -2.97. The molecule has 0 aliphatic carbocycles. The molecule has 0 atom stereocenters. The molecule has 22 heavy (non-hydrogen) atoms. The first-order chi connectivity index (χ1) is 10.6. The molecule has 0 aromatic carbocycles. The second-order valence-corrected chi connectivity index (χ2v) is 5.88. The van der Waals surface area contributed by atoms with Crippen LogP contribution in [0.3, 0.4) is 0 Å². The van der Waals surface area contributed by atoms with Crippen LogP contribution in [-0.4, -0.2) is 48.6 Å². The van der Waals surface area contributed by atoms with Gasteiger partial charge in [-0.25, -0.2) is 0 Å². The second kappa shape index (κ2) is 8.87. The smallest absolute Gasteiger partial charge is 0.332 e. The lowest BCUT2D eigenvalue weighted by Crippen LogP contribution is -2.32. The van der Waals surface area contributed by atoms with E-state index in [2.05, 4.69) is 9.05 Å². The van der Waals surface area contributed by atoms with E-state index in [1.165, 1.54) is 10.1 Å². The molecule has 2 aliphatic rings. The van der Waals surface area contributed by atoms with Crippen LogP contribution in [0.25, 0.3) is 0 Å². The summed E-state index contributed by atoms with van der Waals surface area (Å²) in [5.74, 6) is 0. The highest BCUT2D eigenvalue weighted by Crippen LogP contribution is 2.26. The van der Waals surface area contributed by atoms with E-state index in [1.807, 2.05) is 0 Å². The molecule has 2 rings (SSSR count). The molecule has 0 aromatic heterocycles. The Morgan fingerprint density at radius 2 is 1.05 bits per heavy atom. The number of piperidine rings is 2. The molecule has 0 unspecified atom stereocenters. The predicted molar refractivity (Wildman–Crippen MR) is 73.6 cm³/mol. The third-order valence-corrected chi connectivity index (χ3v) is 3.93. The second-order valence-electron chi connectivity index (χ2n) is 5.07. The Labute approximate surface area is 129 Å². The fourth-order valence-corrected chi connectivity index (χ4v) is 2.64. The maximum atomic E-state index is 11.4. The van der Waals surface area contributed by atoms with Gasteiger partial charge in [-0.1, -0.05) is 12.8 Å². The molecular formula is C12H20N2O7P+. The lowest BCUT2D eigenvalue weighted by atomic mass is 10.2. The number of carbonyl (C=O) groups excluding carboxylic acids is 2. The zero-order chi connectivity index (χ0) is 15.8. The minimum atomic E-state index is -2.97. The van der Waals surface area contributed by atoms with Gasteiger partial charge < -0.3 is 9.68 Å². The van der Waals surface area contributed by atoms with Crippen molar-refractivity contribution in [3.05, 3.63) is 0 Å². The van der Waals surface area contributed by atoms with E-state index in [4.69, 9.17) is 9.68 Å². The van der Waals surface area contributed by atoms with Crippen molar-refractivity contribution >= 4 is 20.6 Å². The predicted octanol–water partition coefficient (Wildman–Crippen LogP) is 2.75. The maximum absolute atomic E-state index is 11.4. The number of nitrogens with zero attached hydrogens (tertiary/aromatic N) is 2. The minimum Gasteiger partial charge on any atom is -0.332 e. The molecule has 124 valence electrons. The Morgan fingerprint density at radius 3 is 1.41 bits per heavy atom. The zero-order valence-corrected chi connectivity index (χ0v) is 13.2. The van der Waals surface area contributed by atoms with Crippen molar-refractivity contribution in [3.63, 3.8) is 0 Å². The Morgan fingerprint density at radius 1 is 0.682 bits per heavy atom. The Balaban J connectivity index is 1.63. The van der Waals surface area contributed by atoms with Gasteiger partial charge in [0, 0.05) is 30.7 Å². The van der Waals surface area contributed by atoms with Crippen LogP contribution < -0.4 is 0 Å². The van der Waals surface area contributed by atoms with Crippen molar-refractivity contribution in [3.8, 4) is 0 Å². The highest BCUT2D eigenvalue weighted by molar-refractivity contribution is 7.34. The van der Waals surface area contributed by atoms with Crippen LogP contribution in [0.4, 0.5) is 9.59 Å². The van der Waals surface area contributed by atoms with Crippen molar-refractivity contribution in [2.45, 2.75) is 38.5 Å². The molecule has 0 N–H and O–H groups in total. The summed E-state index contributed by atoms with van der Waals surface area (Å²) in [6.45, 7) is 2.40. The molecular weight excluding hydrogens is 315 g/mol. The molecule has 0 spiro atoms. The Hall–Kier alpha value is -1.44. The van der Waals surface area contributed by atoms with Crippen LogP contribution in [-0.2, 0) is 23.3 Å². The topological polar surface area (TPSA) is 94.6 Å². The number of rotatable bonds is 4. The summed E-state index contributed by atoms with van der Waals surface area (Å²) in [5.41, 5.74) is 0. The first-order valence-electron chi connectivity index (χ1n) is 7.40. The monoisotopic (exact) mass is 335 g/mol. The average Bonchev–Trinajstić information content (AvgIpc) is 2.48. The fourth-order valence-electron chi connectivity index (χ4n) is 2.30. The van der Waals surface area contributed by atoms with Gasteiger partial charge in [-0.05, 0) is 25.7 Å². The van der Waals surface area contributed by atoms with E-state index in [0.717, 1.165) is 38.5 Å². The van der Waals surface area contributed by atoms with Gasteiger partial charge in [-0.2, -0.15) is 9.59 Å². The summed E-state index contributed by atoms with van der Waals surface area (Å²) in [4.78, 5) is 32.4. The lowest BCUT2D eigenvalue weighted by Gasteiger charge is -2.23. The van der Waals surface area contributed by atoms with E-state index >= 15 is 0 Å². The Kier molecular flexibility index (Phi) is 6.82. The lowest BCUT2D eigenvalue weighted by molar-refractivity contribution is -0.130. The van der Waals surface area contributed by atoms with Crippen LogP contribution in [0.2, 0.25) is 0 Å². The first-order valence-corrected chi connectivity index (χ1v) is 8.50. The average molecular weight is 335 g/mol. The fraction of sp³-hybridized carbons (Fsp3) is 0.833. The van der Waals surface area contributed by atoms with Gasteiger partial charge >= 0.3 is 20.6 Å². The van der Waals surface area contributed by atoms with Gasteiger partial charge in [-0.15, -0.1) is 19.2 Å². The Bertz CT molecular complexity index is 372. The number of hydroxylamine groups is 4. The van der Waals surface area contributed by atoms with Gasteiger partial charge in [-0.3, -0.25) is 0 Å². The van der Waals surface area contributed by atoms with Crippen molar-refractivity contribution in [2.24, 2.45) is 0 Å². The maximum Gasteiger partial charge on any atom is 0.818 e. The van der Waals surface area contributed by atoms with E-state index in [9.17, 15) is 14.2 Å². The van der Waals surface area contributed by atoms with Gasteiger partial charge in [0.05, 0.1) is 0 Å². The minimum absolute atomic E-state index is 0.601. The summed E-state index contributed by atoms with van der Waals surface area (Å²) < 4.78 is 20.2. The molecule has 10 heteroatoms. The highest BCUT2D eigenvalue weighted by atomic mass is 31.1. The molecule has 2 fully saturated rings. The SMILES string of the molecule is O=C(ON1CCCCC1)O[P+](=O)OC(=O)ON1CCCCC1. The molecule has 0 radical (unpaired) electrons. The van der Waals surface area contributed by atoms with Crippen LogP contribution in [0, 0.1) is 0 Å². The summed E-state index contributed by atoms with van der Waals surface area (Å²) in [6, 6.07) is 0. The zero-order valence-electron chi connectivity index (χ0n) is 12.3. The van der Waals surface area contributed by atoms with Gasteiger partial charge in [0.15, 0.2) is 0 Å². The van der Waals surface area contributed by atoms with E-state index in [-0.39, 0.29) is 0 Å². The molecule has 0 aromatic rings. The van der Waals surface area contributed by atoms with Crippen molar-refractivity contribution in [2.75, 3.05) is 26.2 Å². The number of hydrogen-bond acceptors (Lipinski definition) is 9. The summed E-state index contributed by atoms with van der Waals surface area (Å²) in [6.07, 6.45) is 3.50. The molecule has 0 bridgehead atoms. The molecule has 0 amide bonds. The number of hydrogen-bond donors (Lipinski definition) is 0. The van der Waals surface area contributed by atoms with Crippen LogP contribution in [0.5, 0.6) is 0 Å². The summed E-state index contributed by atoms with van der Waals surface area (Å²) in [5, 5.41) is 2.86. The van der Waals surface area contributed by atoms with Crippen molar-refractivity contribution < 1.29 is 32.9 Å². The van der Waals surface area contributed by atoms with Crippen LogP contribution >= 0.6 is 8.25 Å². The summed E-state index contributed by atoms with van der Waals surface area (Å²) >= 11 is 0. The van der Waals surface area contributed by atoms with Gasteiger partial charge in [0.25, 0.3) is 0 Å². The molecule has 2 aliphatic heterocycles. The van der Waals surface area contributed by atoms with E-state index in [1.54, 1.807) is 0 Å². The van der Waals surface area contributed by atoms with Gasteiger partial charge in [0.1, 0.15) is 0 Å². The van der Waals surface area contributed by atoms with E-state index < -0.39 is 20.6 Å².